The molecule has 0 atom stereocenters. The Morgan fingerprint density at radius 3 is 2.61 bits per heavy atom. The molecule has 0 aliphatic heterocycles. The SMILES string of the molecule is Cc1ccc(Nc2cc(F)c(I)cc2N)c(Br)c1. The summed E-state index contributed by atoms with van der Waals surface area (Å²) in [5, 5.41) is 3.12. The lowest BCUT2D eigenvalue weighted by atomic mass is 10.2. The first-order valence-electron chi connectivity index (χ1n) is 5.25. The number of benzene rings is 2. The van der Waals surface area contributed by atoms with Crippen LogP contribution in [0.25, 0.3) is 0 Å². The lowest BCUT2D eigenvalue weighted by Crippen LogP contribution is -1.99. The van der Waals surface area contributed by atoms with Gasteiger partial charge in [0.25, 0.3) is 0 Å². The molecule has 0 spiro atoms. The summed E-state index contributed by atoms with van der Waals surface area (Å²) < 4.78 is 14.9. The molecular weight excluding hydrogens is 410 g/mol. The van der Waals surface area contributed by atoms with Gasteiger partial charge in [-0.25, -0.2) is 4.39 Å². The maximum atomic E-state index is 13.5. The fraction of sp³-hybridized carbons (Fsp3) is 0.0769. The molecule has 0 unspecified atom stereocenters. The van der Waals surface area contributed by atoms with Crippen LogP contribution in [0.4, 0.5) is 21.5 Å². The van der Waals surface area contributed by atoms with E-state index in [4.69, 9.17) is 5.73 Å². The molecule has 0 fully saturated rings. The number of hydrogen-bond acceptors (Lipinski definition) is 2. The Kier molecular flexibility index (Phi) is 4.11. The summed E-state index contributed by atoms with van der Waals surface area (Å²) in [5.41, 5.74) is 8.96. The normalized spacial score (nSPS) is 10.4. The van der Waals surface area contributed by atoms with Crippen molar-refractivity contribution in [3.63, 3.8) is 0 Å². The van der Waals surface area contributed by atoms with E-state index in [0.29, 0.717) is 14.9 Å². The molecule has 5 heteroatoms. The molecule has 0 heterocycles. The third kappa shape index (κ3) is 2.95. The van der Waals surface area contributed by atoms with E-state index in [1.54, 1.807) is 6.07 Å². The van der Waals surface area contributed by atoms with Gasteiger partial charge in [0.05, 0.1) is 20.6 Å². The van der Waals surface area contributed by atoms with Crippen LogP contribution in [0.15, 0.2) is 34.8 Å². The summed E-state index contributed by atoms with van der Waals surface area (Å²) in [4.78, 5) is 0. The average molecular weight is 421 g/mol. The fourth-order valence-electron chi connectivity index (χ4n) is 1.54. The second-order valence-electron chi connectivity index (χ2n) is 3.96. The highest BCUT2D eigenvalue weighted by atomic mass is 127. The molecule has 0 saturated carbocycles. The quantitative estimate of drug-likeness (QED) is 0.539. The monoisotopic (exact) mass is 420 g/mol. The van der Waals surface area contributed by atoms with Crippen molar-refractivity contribution >= 4 is 55.6 Å². The van der Waals surface area contributed by atoms with Gasteiger partial charge in [-0.1, -0.05) is 6.07 Å². The van der Waals surface area contributed by atoms with Crippen molar-refractivity contribution in [3.8, 4) is 0 Å². The van der Waals surface area contributed by atoms with Crippen LogP contribution in [0.2, 0.25) is 0 Å². The molecular formula is C13H11BrFIN2. The van der Waals surface area contributed by atoms with Crippen LogP contribution in [-0.4, -0.2) is 0 Å². The van der Waals surface area contributed by atoms with Crippen molar-refractivity contribution < 1.29 is 4.39 Å². The molecule has 2 rings (SSSR count). The van der Waals surface area contributed by atoms with Gasteiger partial charge in [0, 0.05) is 10.5 Å². The Bertz CT molecular complexity index is 602. The third-order valence-corrected chi connectivity index (χ3v) is 3.97. The zero-order valence-electron chi connectivity index (χ0n) is 9.60. The summed E-state index contributed by atoms with van der Waals surface area (Å²) >= 11 is 5.38. The number of aryl methyl sites for hydroxylation is 1. The molecule has 0 radical (unpaired) electrons. The lowest BCUT2D eigenvalue weighted by Gasteiger charge is -2.12. The van der Waals surface area contributed by atoms with Gasteiger partial charge in [0.2, 0.25) is 0 Å². The Morgan fingerprint density at radius 2 is 1.94 bits per heavy atom. The van der Waals surface area contributed by atoms with Gasteiger partial charge < -0.3 is 11.1 Å². The molecule has 2 aromatic carbocycles. The van der Waals surface area contributed by atoms with Gasteiger partial charge in [-0.15, -0.1) is 0 Å². The van der Waals surface area contributed by atoms with Gasteiger partial charge in [-0.05, 0) is 69.2 Å². The van der Waals surface area contributed by atoms with Crippen LogP contribution in [0.1, 0.15) is 5.56 Å². The van der Waals surface area contributed by atoms with Gasteiger partial charge in [0.15, 0.2) is 0 Å². The second-order valence-corrected chi connectivity index (χ2v) is 5.98. The standard InChI is InChI=1S/C13H11BrFIN2/c1-7-2-3-12(8(14)4-7)18-13-5-9(15)10(16)6-11(13)17/h2-6,18H,17H2,1H3. The van der Waals surface area contributed by atoms with Gasteiger partial charge in [0.1, 0.15) is 5.82 Å². The summed E-state index contributed by atoms with van der Waals surface area (Å²) in [5.74, 6) is -0.282. The van der Waals surface area contributed by atoms with Crippen molar-refractivity contribution in [2.45, 2.75) is 6.92 Å². The number of halogens is 3. The molecule has 0 bridgehead atoms. The number of hydrogen-bond donors (Lipinski definition) is 2. The van der Waals surface area contributed by atoms with Crippen LogP contribution in [-0.2, 0) is 0 Å². The lowest BCUT2D eigenvalue weighted by molar-refractivity contribution is 0.621. The summed E-state index contributed by atoms with van der Waals surface area (Å²) in [7, 11) is 0. The fourth-order valence-corrected chi connectivity index (χ4v) is 2.62. The predicted molar refractivity (Wildman–Crippen MR) is 85.7 cm³/mol. The molecule has 94 valence electrons. The van der Waals surface area contributed by atoms with Crippen LogP contribution >= 0.6 is 38.5 Å². The van der Waals surface area contributed by atoms with E-state index in [2.05, 4.69) is 21.2 Å². The van der Waals surface area contributed by atoms with E-state index in [1.165, 1.54) is 6.07 Å². The molecule has 0 amide bonds. The number of nitrogen functional groups attached to an aromatic ring is 1. The summed E-state index contributed by atoms with van der Waals surface area (Å²) in [6, 6.07) is 8.91. The van der Waals surface area contributed by atoms with E-state index in [0.717, 1.165) is 15.7 Å². The van der Waals surface area contributed by atoms with Crippen LogP contribution in [0.5, 0.6) is 0 Å². The zero-order valence-corrected chi connectivity index (χ0v) is 13.3. The second kappa shape index (κ2) is 5.44. The highest BCUT2D eigenvalue weighted by Gasteiger charge is 2.07. The van der Waals surface area contributed by atoms with E-state index in [-0.39, 0.29) is 5.82 Å². The molecule has 0 aliphatic carbocycles. The zero-order chi connectivity index (χ0) is 13.3. The minimum absolute atomic E-state index is 0.282. The average Bonchev–Trinajstić information content (AvgIpc) is 2.29. The highest BCUT2D eigenvalue weighted by molar-refractivity contribution is 14.1. The largest absolute Gasteiger partial charge is 0.397 e. The predicted octanol–water partition coefficient (Wildman–Crippen LogP) is 4.83. The molecule has 18 heavy (non-hydrogen) atoms. The minimum atomic E-state index is -0.282. The smallest absolute Gasteiger partial charge is 0.138 e. The Morgan fingerprint density at radius 1 is 1.22 bits per heavy atom. The third-order valence-electron chi connectivity index (χ3n) is 2.49. The number of nitrogens with one attached hydrogen (secondary N) is 1. The van der Waals surface area contributed by atoms with Gasteiger partial charge >= 0.3 is 0 Å². The van der Waals surface area contributed by atoms with Crippen LogP contribution in [0, 0.1) is 16.3 Å². The van der Waals surface area contributed by atoms with Crippen LogP contribution in [0.3, 0.4) is 0 Å². The van der Waals surface area contributed by atoms with Crippen molar-refractivity contribution in [1.82, 2.24) is 0 Å². The Labute approximate surface area is 127 Å². The highest BCUT2D eigenvalue weighted by Crippen LogP contribution is 2.31. The molecule has 3 N–H and O–H groups in total. The van der Waals surface area contributed by atoms with E-state index in [9.17, 15) is 4.39 Å². The van der Waals surface area contributed by atoms with Crippen molar-refractivity contribution in [1.29, 1.82) is 0 Å². The molecule has 0 aromatic heterocycles. The summed E-state index contributed by atoms with van der Waals surface area (Å²) in [6.07, 6.45) is 0. The molecule has 2 aromatic rings. The van der Waals surface area contributed by atoms with E-state index >= 15 is 0 Å². The van der Waals surface area contributed by atoms with Crippen molar-refractivity contribution in [2.24, 2.45) is 0 Å². The first-order chi connectivity index (χ1) is 8.47. The molecule has 0 aliphatic rings. The number of anilines is 3. The maximum absolute atomic E-state index is 13.5. The number of rotatable bonds is 2. The first kappa shape index (κ1) is 13.6. The first-order valence-corrected chi connectivity index (χ1v) is 7.12. The topological polar surface area (TPSA) is 38.0 Å². The Balaban J connectivity index is 2.37. The molecule has 0 saturated heterocycles. The molecule has 2 nitrogen and oxygen atoms in total. The maximum Gasteiger partial charge on any atom is 0.138 e. The summed E-state index contributed by atoms with van der Waals surface area (Å²) in [6.45, 7) is 2.01. The number of nitrogens with two attached hydrogens (primary N) is 1. The van der Waals surface area contributed by atoms with Gasteiger partial charge in [-0.3, -0.25) is 0 Å². The minimum Gasteiger partial charge on any atom is -0.397 e. The Hall–Kier alpha value is -0.820. The van der Waals surface area contributed by atoms with Crippen LogP contribution < -0.4 is 11.1 Å². The van der Waals surface area contributed by atoms with E-state index < -0.39 is 0 Å². The van der Waals surface area contributed by atoms with Gasteiger partial charge in [-0.2, -0.15) is 0 Å². The van der Waals surface area contributed by atoms with Crippen molar-refractivity contribution in [3.05, 3.63) is 49.8 Å². The van der Waals surface area contributed by atoms with E-state index in [1.807, 2.05) is 47.7 Å². The van der Waals surface area contributed by atoms with Crippen molar-refractivity contribution in [2.75, 3.05) is 11.1 Å².